The van der Waals surface area contributed by atoms with Gasteiger partial charge in [-0.15, -0.1) is 0 Å². The van der Waals surface area contributed by atoms with Gasteiger partial charge in [-0.05, 0) is 38.8 Å². The van der Waals surface area contributed by atoms with Crippen LogP contribution in [0.15, 0.2) is 22.3 Å². The first-order chi connectivity index (χ1) is 4.55. The first-order valence-electron chi connectivity index (χ1n) is 3.75. The van der Waals surface area contributed by atoms with E-state index in [1.54, 1.807) is 0 Å². The molecule has 0 heterocycles. The first kappa shape index (κ1) is 20.0. The summed E-state index contributed by atoms with van der Waals surface area (Å²) in [6.07, 6.45) is 0. The molecule has 74 valence electrons. The third kappa shape index (κ3) is 3.91. The summed E-state index contributed by atoms with van der Waals surface area (Å²) in [5.74, 6) is 1.47. The van der Waals surface area contributed by atoms with Gasteiger partial charge >= 0.3 is 0 Å². The van der Waals surface area contributed by atoms with Crippen LogP contribution in [0.2, 0.25) is 0 Å². The molecule has 0 saturated heterocycles. The zero-order valence-electron chi connectivity index (χ0n) is 8.83. The maximum absolute atomic E-state index is 2.20. The molecule has 3 heteroatoms. The average molecular weight is 459 g/mol. The molecule has 0 bridgehead atoms. The summed E-state index contributed by atoms with van der Waals surface area (Å²) in [5.41, 5.74) is 5.87. The molecule has 0 fully saturated rings. The van der Waals surface area contributed by atoms with Gasteiger partial charge in [-0.2, -0.15) is 0 Å². The number of allylic oxidation sites excluding steroid dienone is 4. The molecule has 0 aromatic rings. The fraction of sp³-hybridized carbons (Fsp3) is 0.500. The fourth-order valence-corrected chi connectivity index (χ4v) is 1.41. The van der Waals surface area contributed by atoms with Crippen molar-refractivity contribution >= 4 is 19.8 Å². The van der Waals surface area contributed by atoms with E-state index in [1.807, 2.05) is 0 Å². The number of rotatable bonds is 0. The molecule has 13 heavy (non-hydrogen) atoms. The smallest absolute Gasteiger partial charge is 0.0226 e. The van der Waals surface area contributed by atoms with Crippen molar-refractivity contribution in [3.05, 3.63) is 28.2 Å². The van der Waals surface area contributed by atoms with Crippen molar-refractivity contribution in [1.82, 2.24) is 0 Å². The molecule has 0 unspecified atom stereocenters. The Labute approximate surface area is 129 Å². The first-order valence-corrected chi connectivity index (χ1v) is 3.75. The SMILES string of the molecule is C[C]1C(C)=C(C)C(C)=C1C.[Ga].[I-].[I-]. The van der Waals surface area contributed by atoms with Gasteiger partial charge in [0.1, 0.15) is 0 Å². The molecule has 4 radical (unpaired) electrons. The summed E-state index contributed by atoms with van der Waals surface area (Å²) in [6, 6.07) is 0. The van der Waals surface area contributed by atoms with Crippen molar-refractivity contribution in [2.75, 3.05) is 0 Å². The van der Waals surface area contributed by atoms with Gasteiger partial charge < -0.3 is 48.0 Å². The maximum Gasteiger partial charge on any atom is 0.0226 e. The summed E-state index contributed by atoms with van der Waals surface area (Å²) in [7, 11) is 0. The van der Waals surface area contributed by atoms with Crippen LogP contribution in [0.1, 0.15) is 34.6 Å². The van der Waals surface area contributed by atoms with Gasteiger partial charge in [0.05, 0.1) is 0 Å². The third-order valence-electron chi connectivity index (χ3n) is 2.81. The van der Waals surface area contributed by atoms with Crippen LogP contribution >= 0.6 is 0 Å². The van der Waals surface area contributed by atoms with E-state index in [1.165, 1.54) is 28.2 Å². The van der Waals surface area contributed by atoms with E-state index < -0.39 is 0 Å². The fourth-order valence-electron chi connectivity index (χ4n) is 1.41. The molecular weight excluding hydrogens is 444 g/mol. The van der Waals surface area contributed by atoms with Gasteiger partial charge in [-0.3, -0.25) is 0 Å². The Morgan fingerprint density at radius 1 is 0.538 bits per heavy atom. The van der Waals surface area contributed by atoms with Crippen LogP contribution in [0.25, 0.3) is 0 Å². The minimum atomic E-state index is 0. The van der Waals surface area contributed by atoms with Crippen molar-refractivity contribution in [2.45, 2.75) is 34.6 Å². The van der Waals surface area contributed by atoms with Crippen LogP contribution in [0.3, 0.4) is 0 Å². The van der Waals surface area contributed by atoms with Crippen LogP contribution in [0, 0.1) is 5.92 Å². The van der Waals surface area contributed by atoms with E-state index >= 15 is 0 Å². The molecule has 0 N–H and O–H groups in total. The predicted molar refractivity (Wildman–Crippen MR) is 51.4 cm³/mol. The molecule has 0 nitrogen and oxygen atoms in total. The van der Waals surface area contributed by atoms with E-state index in [0.29, 0.717) is 0 Å². The Balaban J connectivity index is -0.000000333. The average Bonchev–Trinajstić information content (AvgIpc) is 2.07. The summed E-state index contributed by atoms with van der Waals surface area (Å²) in [4.78, 5) is 0. The predicted octanol–water partition coefficient (Wildman–Crippen LogP) is -3.11. The Bertz CT molecular complexity index is 205. The van der Waals surface area contributed by atoms with E-state index in [9.17, 15) is 0 Å². The number of hydrogen-bond donors (Lipinski definition) is 0. The second kappa shape index (κ2) is 7.81. The molecule has 0 saturated carbocycles. The summed E-state index contributed by atoms with van der Waals surface area (Å²) >= 11 is 0. The van der Waals surface area contributed by atoms with Crippen molar-refractivity contribution in [3.63, 3.8) is 0 Å². The quantitative estimate of drug-likeness (QED) is 0.266. The van der Waals surface area contributed by atoms with Crippen LogP contribution in [0.4, 0.5) is 0 Å². The molecule has 1 rings (SSSR count). The van der Waals surface area contributed by atoms with E-state index in [2.05, 4.69) is 34.6 Å². The van der Waals surface area contributed by atoms with Crippen molar-refractivity contribution < 1.29 is 48.0 Å². The van der Waals surface area contributed by atoms with Gasteiger partial charge in [0.2, 0.25) is 0 Å². The third-order valence-corrected chi connectivity index (χ3v) is 2.81. The standard InChI is InChI=1S/C10H15.Ga.2HI/c1-6-7(2)9(4)10(5)8(6)3;;;/h1-5H3;;2*1H/p-2. The van der Waals surface area contributed by atoms with E-state index in [4.69, 9.17) is 0 Å². The largest absolute Gasteiger partial charge is 1.00 e. The molecule has 0 aromatic heterocycles. The normalized spacial score (nSPS) is 16.4. The number of hydrogen-bond acceptors (Lipinski definition) is 0. The molecule has 0 amide bonds. The summed E-state index contributed by atoms with van der Waals surface area (Å²) in [6.45, 7) is 11.0. The van der Waals surface area contributed by atoms with Crippen molar-refractivity contribution in [2.24, 2.45) is 0 Å². The Morgan fingerprint density at radius 2 is 0.769 bits per heavy atom. The zero-order valence-corrected chi connectivity index (χ0v) is 15.6. The van der Waals surface area contributed by atoms with Gasteiger partial charge in [0.25, 0.3) is 0 Å². The zero-order chi connectivity index (χ0) is 7.89. The second-order valence-corrected chi connectivity index (χ2v) is 3.12. The van der Waals surface area contributed by atoms with Gasteiger partial charge in [0.15, 0.2) is 0 Å². The summed E-state index contributed by atoms with van der Waals surface area (Å²) in [5, 5.41) is 0. The molecule has 0 atom stereocenters. The van der Waals surface area contributed by atoms with Crippen LogP contribution < -0.4 is 48.0 Å². The topological polar surface area (TPSA) is 0 Å². The van der Waals surface area contributed by atoms with E-state index in [0.717, 1.165) is 0 Å². The molecular formula is C10H15GaI2-2. The maximum atomic E-state index is 2.20. The van der Waals surface area contributed by atoms with Crippen molar-refractivity contribution in [1.29, 1.82) is 0 Å². The monoisotopic (exact) mass is 458 g/mol. The Kier molecular flexibility index (Phi) is 12.1. The minimum absolute atomic E-state index is 0. The van der Waals surface area contributed by atoms with Gasteiger partial charge in [-0.1, -0.05) is 18.1 Å². The molecule has 0 spiro atoms. The Morgan fingerprint density at radius 3 is 0.846 bits per heavy atom. The molecule has 1 aliphatic rings. The van der Waals surface area contributed by atoms with Gasteiger partial charge in [0, 0.05) is 25.7 Å². The second-order valence-electron chi connectivity index (χ2n) is 3.12. The molecule has 0 aliphatic heterocycles. The van der Waals surface area contributed by atoms with E-state index in [-0.39, 0.29) is 67.7 Å². The van der Waals surface area contributed by atoms with Crippen LogP contribution in [-0.2, 0) is 0 Å². The van der Waals surface area contributed by atoms with Crippen LogP contribution in [0.5, 0.6) is 0 Å². The van der Waals surface area contributed by atoms with Crippen LogP contribution in [-0.4, -0.2) is 19.8 Å². The number of halogens is 2. The minimum Gasteiger partial charge on any atom is -1.00 e. The molecule has 1 aliphatic carbocycles. The molecule has 0 aromatic carbocycles. The Hall–Kier alpha value is 1.58. The van der Waals surface area contributed by atoms with Crippen molar-refractivity contribution in [3.8, 4) is 0 Å². The summed E-state index contributed by atoms with van der Waals surface area (Å²) < 4.78 is 0. The van der Waals surface area contributed by atoms with Gasteiger partial charge in [-0.25, -0.2) is 0 Å².